The van der Waals surface area contributed by atoms with E-state index in [-0.39, 0.29) is 5.91 Å². The van der Waals surface area contributed by atoms with Crippen molar-refractivity contribution in [2.45, 2.75) is 12.5 Å². The lowest BCUT2D eigenvalue weighted by molar-refractivity contribution is -0.157. The first-order chi connectivity index (χ1) is 13.2. The molecule has 0 fully saturated rings. The fraction of sp³-hybridized carbons (Fsp3) is 0.0870. The Morgan fingerprint density at radius 3 is 2.00 bits per heavy atom. The monoisotopic (exact) mass is 356 g/mol. The topological polar surface area (TPSA) is 52.6 Å². The van der Waals surface area contributed by atoms with E-state index in [0.29, 0.717) is 11.5 Å². The van der Waals surface area contributed by atoms with Crippen LogP contribution in [0.3, 0.4) is 0 Å². The minimum Gasteiger partial charge on any atom is -0.372 e. The van der Waals surface area contributed by atoms with Gasteiger partial charge < -0.3 is 5.32 Å². The molecule has 1 aliphatic heterocycles. The molecular weight excluding hydrogens is 336 g/mol. The van der Waals surface area contributed by atoms with Crippen molar-refractivity contribution < 1.29 is 10.0 Å². The minimum absolute atomic E-state index is 0.358. The molecule has 0 saturated heterocycles. The number of carbonyl (C=O) groups excluding carboxylic acids is 1. The Morgan fingerprint density at radius 1 is 0.778 bits per heavy atom. The maximum absolute atomic E-state index is 12.3. The fourth-order valence-electron chi connectivity index (χ4n) is 3.25. The molecule has 1 unspecified atom stereocenters. The Morgan fingerprint density at radius 2 is 1.33 bits per heavy atom. The van der Waals surface area contributed by atoms with Crippen molar-refractivity contribution in [1.82, 2.24) is 10.4 Å². The van der Waals surface area contributed by atoms with Crippen LogP contribution in [0.15, 0.2) is 91.1 Å². The van der Waals surface area contributed by atoms with Gasteiger partial charge in [0.25, 0.3) is 5.91 Å². The molecule has 0 radical (unpaired) electrons. The molecule has 4 rings (SSSR count). The summed E-state index contributed by atoms with van der Waals surface area (Å²) in [4.78, 5) is 12.3. The van der Waals surface area contributed by atoms with Crippen LogP contribution in [0.4, 0.5) is 0 Å². The Bertz CT molecular complexity index is 951. The molecule has 0 bridgehead atoms. The average Bonchev–Trinajstić information content (AvgIpc) is 2.73. The lowest BCUT2D eigenvalue weighted by atomic mass is 10.0. The van der Waals surface area contributed by atoms with Crippen LogP contribution in [0.2, 0.25) is 0 Å². The summed E-state index contributed by atoms with van der Waals surface area (Å²) in [6.07, 6.45) is 1.94. The number of hydrogen-bond donors (Lipinski definition) is 2. The van der Waals surface area contributed by atoms with Crippen LogP contribution in [0, 0.1) is 0 Å². The molecule has 2 N–H and O–H groups in total. The Hall–Kier alpha value is -3.37. The Labute approximate surface area is 158 Å². The van der Waals surface area contributed by atoms with Crippen molar-refractivity contribution in [1.29, 1.82) is 0 Å². The van der Waals surface area contributed by atoms with Crippen LogP contribution in [0.25, 0.3) is 16.8 Å². The molecule has 0 aliphatic carbocycles. The molecule has 0 spiro atoms. The van der Waals surface area contributed by atoms with Crippen LogP contribution >= 0.6 is 0 Å². The second-order valence-corrected chi connectivity index (χ2v) is 6.56. The molecule has 0 aromatic heterocycles. The molecule has 134 valence electrons. The second kappa shape index (κ2) is 7.48. The first-order valence-electron chi connectivity index (χ1n) is 8.91. The highest BCUT2D eigenvalue weighted by Crippen LogP contribution is 2.24. The third-order valence-corrected chi connectivity index (χ3v) is 4.69. The summed E-state index contributed by atoms with van der Waals surface area (Å²) < 4.78 is 0. The number of carbonyl (C=O) groups is 1. The average molecular weight is 356 g/mol. The summed E-state index contributed by atoms with van der Waals surface area (Å²) in [6, 6.07) is 27.5. The summed E-state index contributed by atoms with van der Waals surface area (Å²) in [5.41, 5.74) is 4.94. The van der Waals surface area contributed by atoms with E-state index in [9.17, 15) is 10.0 Å². The first kappa shape index (κ1) is 17.1. The smallest absolute Gasteiger partial charge is 0.272 e. The largest absolute Gasteiger partial charge is 0.372 e. The molecule has 4 heteroatoms. The minimum atomic E-state index is -0.508. The third-order valence-electron chi connectivity index (χ3n) is 4.69. The Balaban J connectivity index is 1.56. The Kier molecular flexibility index (Phi) is 4.73. The predicted molar refractivity (Wildman–Crippen MR) is 106 cm³/mol. The number of nitrogens with one attached hydrogen (secondary N) is 1. The van der Waals surface area contributed by atoms with Crippen molar-refractivity contribution in [3.05, 3.63) is 102 Å². The number of nitrogens with zero attached hydrogens (tertiary/aromatic N) is 1. The van der Waals surface area contributed by atoms with Gasteiger partial charge in [-0.3, -0.25) is 10.0 Å². The number of hydrogen-bond acceptors (Lipinski definition) is 3. The van der Waals surface area contributed by atoms with Crippen LogP contribution in [0.5, 0.6) is 0 Å². The van der Waals surface area contributed by atoms with Gasteiger partial charge in [0.1, 0.15) is 6.04 Å². The first-order valence-corrected chi connectivity index (χ1v) is 8.91. The maximum atomic E-state index is 12.3. The maximum Gasteiger partial charge on any atom is 0.272 e. The van der Waals surface area contributed by atoms with E-state index in [1.165, 1.54) is 6.20 Å². The molecule has 1 atom stereocenters. The number of benzene rings is 3. The summed E-state index contributed by atoms with van der Waals surface area (Å²) >= 11 is 0. The highest BCUT2D eigenvalue weighted by atomic mass is 16.5. The molecule has 27 heavy (non-hydrogen) atoms. The third kappa shape index (κ3) is 3.76. The molecule has 3 aromatic carbocycles. The SMILES string of the molecule is O=C1C(Cc2ccccc2)NC(c2ccc(-c3ccccc3)cc2)=CN1O. The van der Waals surface area contributed by atoms with Crippen molar-refractivity contribution in [2.75, 3.05) is 0 Å². The zero-order valence-electron chi connectivity index (χ0n) is 14.7. The van der Waals surface area contributed by atoms with E-state index in [1.807, 2.05) is 72.8 Å². The van der Waals surface area contributed by atoms with Crippen LogP contribution in [-0.4, -0.2) is 22.2 Å². The van der Waals surface area contributed by atoms with Gasteiger partial charge in [-0.1, -0.05) is 84.9 Å². The normalized spacial score (nSPS) is 16.6. The van der Waals surface area contributed by atoms with E-state index >= 15 is 0 Å². The highest BCUT2D eigenvalue weighted by Gasteiger charge is 2.28. The zero-order valence-corrected chi connectivity index (χ0v) is 14.7. The standard InChI is InChI=1S/C23H20N2O2/c26-23-21(15-17-7-3-1-4-8-17)24-22(16-25(23)27)20-13-11-19(12-14-20)18-9-5-2-6-10-18/h1-14,16,21,24,27H,15H2. The molecule has 1 aliphatic rings. The van der Waals surface area contributed by atoms with Gasteiger partial charge in [0, 0.05) is 6.42 Å². The van der Waals surface area contributed by atoms with E-state index < -0.39 is 6.04 Å². The number of amides is 1. The summed E-state index contributed by atoms with van der Waals surface area (Å²) in [7, 11) is 0. The number of rotatable bonds is 4. The molecule has 4 nitrogen and oxygen atoms in total. The fourth-order valence-corrected chi connectivity index (χ4v) is 3.25. The molecular formula is C23H20N2O2. The van der Waals surface area contributed by atoms with Gasteiger partial charge in [-0.15, -0.1) is 0 Å². The second-order valence-electron chi connectivity index (χ2n) is 6.56. The zero-order chi connectivity index (χ0) is 18.6. The number of hydroxylamine groups is 2. The quantitative estimate of drug-likeness (QED) is 0.693. The molecule has 0 saturated carbocycles. The summed E-state index contributed by atoms with van der Waals surface area (Å²) in [6.45, 7) is 0. The van der Waals surface area contributed by atoms with E-state index in [2.05, 4.69) is 17.4 Å². The summed E-state index contributed by atoms with van der Waals surface area (Å²) in [5.74, 6) is -0.358. The molecule has 1 amide bonds. The highest BCUT2D eigenvalue weighted by molar-refractivity contribution is 5.88. The van der Waals surface area contributed by atoms with Gasteiger partial charge in [-0.05, 0) is 22.3 Å². The van der Waals surface area contributed by atoms with Crippen molar-refractivity contribution in [3.63, 3.8) is 0 Å². The van der Waals surface area contributed by atoms with E-state index in [4.69, 9.17) is 0 Å². The van der Waals surface area contributed by atoms with Crippen LogP contribution < -0.4 is 5.32 Å². The lowest BCUT2D eigenvalue weighted by Gasteiger charge is -2.29. The van der Waals surface area contributed by atoms with Gasteiger partial charge in [0.15, 0.2) is 0 Å². The van der Waals surface area contributed by atoms with Gasteiger partial charge in [0.05, 0.1) is 11.9 Å². The molecule has 3 aromatic rings. The van der Waals surface area contributed by atoms with Gasteiger partial charge in [-0.2, -0.15) is 5.06 Å². The van der Waals surface area contributed by atoms with Crippen molar-refractivity contribution >= 4 is 11.6 Å². The van der Waals surface area contributed by atoms with Gasteiger partial charge >= 0.3 is 0 Å². The van der Waals surface area contributed by atoms with Crippen LogP contribution in [0.1, 0.15) is 11.1 Å². The van der Waals surface area contributed by atoms with Gasteiger partial charge in [0.2, 0.25) is 0 Å². The summed E-state index contributed by atoms with van der Waals surface area (Å²) in [5, 5.41) is 14.0. The van der Waals surface area contributed by atoms with Crippen molar-refractivity contribution in [3.8, 4) is 11.1 Å². The van der Waals surface area contributed by atoms with E-state index in [1.54, 1.807) is 0 Å². The van der Waals surface area contributed by atoms with E-state index in [0.717, 1.165) is 28.0 Å². The van der Waals surface area contributed by atoms with Gasteiger partial charge in [-0.25, -0.2) is 0 Å². The van der Waals surface area contributed by atoms with Crippen molar-refractivity contribution in [2.24, 2.45) is 0 Å². The predicted octanol–water partition coefficient (Wildman–Crippen LogP) is 4.08. The lowest BCUT2D eigenvalue weighted by Crippen LogP contribution is -2.48. The van der Waals surface area contributed by atoms with Crippen LogP contribution in [-0.2, 0) is 11.2 Å². The molecule has 1 heterocycles.